The van der Waals surface area contributed by atoms with Crippen molar-refractivity contribution in [1.29, 1.82) is 0 Å². The molecule has 0 aliphatic heterocycles. The van der Waals surface area contributed by atoms with Crippen molar-refractivity contribution in [3.05, 3.63) is 0 Å². The van der Waals surface area contributed by atoms with Crippen molar-refractivity contribution in [1.82, 2.24) is 5.32 Å². The maximum Gasteiger partial charge on any atom is 0.00819 e. The van der Waals surface area contributed by atoms with Crippen molar-refractivity contribution in [2.24, 2.45) is 17.1 Å². The number of hydrogen-bond donors (Lipinski definition) is 2. The fourth-order valence-corrected chi connectivity index (χ4v) is 2.65. The fourth-order valence-electron chi connectivity index (χ4n) is 2.65. The largest absolute Gasteiger partial charge is 0.328 e. The second-order valence-corrected chi connectivity index (χ2v) is 5.92. The van der Waals surface area contributed by atoms with E-state index in [9.17, 15) is 0 Å². The van der Waals surface area contributed by atoms with E-state index in [2.05, 4.69) is 19.2 Å². The molecule has 3 unspecified atom stereocenters. The normalized spacial score (nSPS) is 40.9. The van der Waals surface area contributed by atoms with Crippen LogP contribution in [0.4, 0.5) is 0 Å². The van der Waals surface area contributed by atoms with E-state index in [1.165, 1.54) is 38.6 Å². The van der Waals surface area contributed by atoms with Gasteiger partial charge in [0.1, 0.15) is 0 Å². The summed E-state index contributed by atoms with van der Waals surface area (Å²) in [6.45, 7) is 5.95. The Morgan fingerprint density at radius 1 is 1.36 bits per heavy atom. The summed E-state index contributed by atoms with van der Waals surface area (Å²) in [4.78, 5) is 0. The molecule has 14 heavy (non-hydrogen) atoms. The molecule has 2 aliphatic carbocycles. The van der Waals surface area contributed by atoms with Crippen LogP contribution in [0, 0.1) is 11.3 Å². The quantitative estimate of drug-likeness (QED) is 0.723. The third-order valence-corrected chi connectivity index (χ3v) is 4.09. The van der Waals surface area contributed by atoms with Crippen LogP contribution in [-0.2, 0) is 0 Å². The zero-order chi connectivity index (χ0) is 10.2. The van der Waals surface area contributed by atoms with Gasteiger partial charge in [0.15, 0.2) is 0 Å². The molecular formula is C12H24N2. The molecule has 0 amide bonds. The first-order valence-corrected chi connectivity index (χ1v) is 6.07. The van der Waals surface area contributed by atoms with E-state index in [1.54, 1.807) is 0 Å². The molecule has 2 saturated carbocycles. The average Bonchev–Trinajstić information content (AvgIpc) is 2.71. The van der Waals surface area contributed by atoms with Crippen molar-refractivity contribution >= 4 is 0 Å². The summed E-state index contributed by atoms with van der Waals surface area (Å²) < 4.78 is 0. The Labute approximate surface area is 87.6 Å². The molecule has 2 rings (SSSR count). The highest BCUT2D eigenvalue weighted by molar-refractivity contribution is 4.97. The molecule has 82 valence electrons. The third-order valence-electron chi connectivity index (χ3n) is 4.09. The topological polar surface area (TPSA) is 38.0 Å². The summed E-state index contributed by atoms with van der Waals surface area (Å²) in [6.07, 6.45) is 6.47. The lowest BCUT2D eigenvalue weighted by Crippen LogP contribution is -2.40. The molecule has 0 aromatic heterocycles. The molecule has 3 N–H and O–H groups in total. The molecule has 2 aliphatic rings. The Kier molecular flexibility index (Phi) is 2.85. The summed E-state index contributed by atoms with van der Waals surface area (Å²) >= 11 is 0. The van der Waals surface area contributed by atoms with Crippen LogP contribution in [0.1, 0.15) is 46.0 Å². The smallest absolute Gasteiger partial charge is 0.00819 e. The molecule has 0 saturated heterocycles. The van der Waals surface area contributed by atoms with Crippen molar-refractivity contribution in [2.75, 3.05) is 6.54 Å². The Morgan fingerprint density at radius 2 is 2.07 bits per heavy atom. The van der Waals surface area contributed by atoms with Crippen molar-refractivity contribution in [2.45, 2.75) is 58.0 Å². The van der Waals surface area contributed by atoms with Gasteiger partial charge in [-0.15, -0.1) is 0 Å². The van der Waals surface area contributed by atoms with Gasteiger partial charge in [0.2, 0.25) is 0 Å². The summed E-state index contributed by atoms with van der Waals surface area (Å²) in [5, 5.41) is 3.69. The van der Waals surface area contributed by atoms with E-state index < -0.39 is 0 Å². The Balaban J connectivity index is 1.66. The van der Waals surface area contributed by atoms with Crippen LogP contribution in [0.25, 0.3) is 0 Å². The van der Waals surface area contributed by atoms with Gasteiger partial charge in [-0.1, -0.05) is 20.3 Å². The fraction of sp³-hybridized carbons (Fsp3) is 1.00. The maximum atomic E-state index is 5.96. The van der Waals surface area contributed by atoms with Crippen LogP contribution in [0.15, 0.2) is 0 Å². The van der Waals surface area contributed by atoms with Crippen molar-refractivity contribution in [3.8, 4) is 0 Å². The van der Waals surface area contributed by atoms with E-state index >= 15 is 0 Å². The Bertz CT molecular complexity index is 200. The van der Waals surface area contributed by atoms with E-state index in [1.807, 2.05) is 0 Å². The minimum absolute atomic E-state index is 0.452. The van der Waals surface area contributed by atoms with Crippen LogP contribution >= 0.6 is 0 Å². The van der Waals surface area contributed by atoms with Crippen molar-refractivity contribution in [3.63, 3.8) is 0 Å². The van der Waals surface area contributed by atoms with Gasteiger partial charge in [0.25, 0.3) is 0 Å². The maximum absolute atomic E-state index is 5.96. The molecule has 0 radical (unpaired) electrons. The van der Waals surface area contributed by atoms with E-state index in [0.717, 1.165) is 5.92 Å². The second kappa shape index (κ2) is 3.82. The standard InChI is InChI=1S/C12H24N2/c1-12(2)7-9(12)8-14-11-5-3-4-10(13)6-11/h9-11,14H,3-8,13H2,1-2H3. The number of rotatable bonds is 3. The van der Waals surface area contributed by atoms with E-state index in [-0.39, 0.29) is 0 Å². The van der Waals surface area contributed by atoms with Gasteiger partial charge in [0, 0.05) is 12.1 Å². The predicted octanol–water partition coefficient (Wildman–Crippen LogP) is 1.89. The first-order chi connectivity index (χ1) is 6.58. The zero-order valence-electron chi connectivity index (χ0n) is 9.55. The number of hydrogen-bond acceptors (Lipinski definition) is 2. The van der Waals surface area contributed by atoms with Crippen LogP contribution < -0.4 is 11.1 Å². The molecule has 0 spiro atoms. The second-order valence-electron chi connectivity index (χ2n) is 5.92. The van der Waals surface area contributed by atoms with Gasteiger partial charge in [-0.3, -0.25) is 0 Å². The average molecular weight is 196 g/mol. The molecule has 0 aromatic rings. The minimum Gasteiger partial charge on any atom is -0.328 e. The first-order valence-electron chi connectivity index (χ1n) is 6.07. The number of nitrogens with two attached hydrogens (primary N) is 1. The Hall–Kier alpha value is -0.0800. The van der Waals surface area contributed by atoms with E-state index in [0.29, 0.717) is 17.5 Å². The highest BCUT2D eigenvalue weighted by atomic mass is 14.9. The van der Waals surface area contributed by atoms with Gasteiger partial charge in [0.05, 0.1) is 0 Å². The van der Waals surface area contributed by atoms with Crippen LogP contribution in [0.2, 0.25) is 0 Å². The van der Waals surface area contributed by atoms with Gasteiger partial charge < -0.3 is 11.1 Å². The van der Waals surface area contributed by atoms with Gasteiger partial charge in [-0.05, 0) is 43.6 Å². The predicted molar refractivity (Wildman–Crippen MR) is 60.1 cm³/mol. The van der Waals surface area contributed by atoms with Crippen LogP contribution in [-0.4, -0.2) is 18.6 Å². The summed E-state index contributed by atoms with van der Waals surface area (Å²) in [5.74, 6) is 0.917. The lowest BCUT2D eigenvalue weighted by atomic mass is 9.91. The molecule has 0 aromatic carbocycles. The highest BCUT2D eigenvalue weighted by Gasteiger charge is 2.45. The lowest BCUT2D eigenvalue weighted by molar-refractivity contribution is 0.331. The third kappa shape index (κ3) is 2.48. The Morgan fingerprint density at radius 3 is 2.64 bits per heavy atom. The lowest BCUT2D eigenvalue weighted by Gasteiger charge is -2.27. The molecule has 0 bridgehead atoms. The molecule has 2 fully saturated rings. The molecular weight excluding hydrogens is 172 g/mol. The van der Waals surface area contributed by atoms with Crippen molar-refractivity contribution < 1.29 is 0 Å². The highest BCUT2D eigenvalue weighted by Crippen LogP contribution is 2.51. The molecule has 2 heteroatoms. The SMILES string of the molecule is CC1(C)CC1CNC1CCCC(N)C1. The van der Waals surface area contributed by atoms with Gasteiger partial charge >= 0.3 is 0 Å². The number of nitrogens with one attached hydrogen (secondary N) is 1. The first kappa shape index (κ1) is 10.4. The molecule has 3 atom stereocenters. The molecule has 2 nitrogen and oxygen atoms in total. The summed E-state index contributed by atoms with van der Waals surface area (Å²) in [6, 6.07) is 1.16. The minimum atomic E-state index is 0.452. The summed E-state index contributed by atoms with van der Waals surface area (Å²) in [5.41, 5.74) is 6.58. The summed E-state index contributed by atoms with van der Waals surface area (Å²) in [7, 11) is 0. The monoisotopic (exact) mass is 196 g/mol. The van der Waals surface area contributed by atoms with Crippen LogP contribution in [0.3, 0.4) is 0 Å². The van der Waals surface area contributed by atoms with Gasteiger partial charge in [-0.25, -0.2) is 0 Å². The molecule has 0 heterocycles. The van der Waals surface area contributed by atoms with Gasteiger partial charge in [-0.2, -0.15) is 0 Å². The van der Waals surface area contributed by atoms with Crippen LogP contribution in [0.5, 0.6) is 0 Å². The van der Waals surface area contributed by atoms with E-state index in [4.69, 9.17) is 5.73 Å². The zero-order valence-corrected chi connectivity index (χ0v) is 9.55.